The first kappa shape index (κ1) is 12.7. The molecule has 4 heteroatoms. The molecule has 4 nitrogen and oxygen atoms in total. The summed E-state index contributed by atoms with van der Waals surface area (Å²) in [5.74, 6) is -1.43. The van der Waals surface area contributed by atoms with Crippen molar-refractivity contribution in [3.63, 3.8) is 0 Å². The summed E-state index contributed by atoms with van der Waals surface area (Å²) in [6, 6.07) is 0. The Morgan fingerprint density at radius 1 is 1.43 bits per heavy atom. The van der Waals surface area contributed by atoms with Crippen molar-refractivity contribution in [1.29, 1.82) is 0 Å². The highest BCUT2D eigenvalue weighted by Gasteiger charge is 2.19. The number of esters is 1. The zero-order valence-electron chi connectivity index (χ0n) is 9.11. The minimum absolute atomic E-state index is 0.239. The number of ether oxygens (including phenoxy) is 1. The fourth-order valence-corrected chi connectivity index (χ4v) is 0.750. The number of hydrogen-bond donors (Lipinski definition) is 0. The first-order valence-corrected chi connectivity index (χ1v) is 4.54. The van der Waals surface area contributed by atoms with Gasteiger partial charge in [0.2, 0.25) is 0 Å². The van der Waals surface area contributed by atoms with Crippen molar-refractivity contribution in [3.8, 4) is 0 Å². The Bertz CT molecular complexity index is 234. The van der Waals surface area contributed by atoms with Gasteiger partial charge >= 0.3 is 5.97 Å². The highest BCUT2D eigenvalue weighted by Crippen LogP contribution is 2.01. The maximum absolute atomic E-state index is 11.3. The van der Waals surface area contributed by atoms with E-state index in [2.05, 4.69) is 0 Å². The molecule has 0 fully saturated rings. The lowest BCUT2D eigenvalue weighted by atomic mass is 10.1. The standard InChI is InChI=1S/C10H17NO3/c1-5-14-10(13)8(2)9(12)6-7-11(3)4/h6-8H,5H2,1-4H3. The van der Waals surface area contributed by atoms with E-state index in [1.165, 1.54) is 6.08 Å². The van der Waals surface area contributed by atoms with Gasteiger partial charge in [-0.05, 0) is 19.9 Å². The summed E-state index contributed by atoms with van der Waals surface area (Å²) in [5, 5.41) is 0. The molecule has 0 radical (unpaired) electrons. The molecule has 1 atom stereocenters. The van der Waals surface area contributed by atoms with Gasteiger partial charge in [0.05, 0.1) is 6.61 Å². The van der Waals surface area contributed by atoms with Crippen molar-refractivity contribution in [2.75, 3.05) is 20.7 Å². The lowest BCUT2D eigenvalue weighted by molar-refractivity contribution is -0.149. The van der Waals surface area contributed by atoms with Gasteiger partial charge in [-0.15, -0.1) is 0 Å². The van der Waals surface area contributed by atoms with E-state index < -0.39 is 11.9 Å². The van der Waals surface area contributed by atoms with Gasteiger partial charge in [-0.1, -0.05) is 0 Å². The molecule has 0 aromatic rings. The number of ketones is 1. The van der Waals surface area contributed by atoms with Gasteiger partial charge < -0.3 is 9.64 Å². The van der Waals surface area contributed by atoms with Crippen LogP contribution in [-0.2, 0) is 14.3 Å². The molecule has 0 aliphatic carbocycles. The van der Waals surface area contributed by atoms with Crippen molar-refractivity contribution >= 4 is 11.8 Å². The maximum atomic E-state index is 11.3. The lowest BCUT2D eigenvalue weighted by Crippen LogP contribution is -2.22. The van der Waals surface area contributed by atoms with Crippen LogP contribution in [0.15, 0.2) is 12.3 Å². The van der Waals surface area contributed by atoms with Crippen molar-refractivity contribution in [3.05, 3.63) is 12.3 Å². The van der Waals surface area contributed by atoms with Gasteiger partial charge in [0.1, 0.15) is 5.92 Å². The normalized spacial score (nSPS) is 12.6. The fraction of sp³-hybridized carbons (Fsp3) is 0.600. The van der Waals surface area contributed by atoms with Gasteiger partial charge in [-0.25, -0.2) is 0 Å². The molecule has 0 rings (SSSR count). The molecule has 0 bridgehead atoms. The van der Waals surface area contributed by atoms with Crippen molar-refractivity contribution in [1.82, 2.24) is 4.90 Å². The highest BCUT2D eigenvalue weighted by molar-refractivity contribution is 6.04. The van der Waals surface area contributed by atoms with E-state index in [1.54, 1.807) is 39.0 Å². The molecule has 0 spiro atoms. The Balaban J connectivity index is 4.18. The predicted octanol–water partition coefficient (Wildman–Crippen LogP) is 0.830. The van der Waals surface area contributed by atoms with Gasteiger partial charge in [0, 0.05) is 20.3 Å². The topological polar surface area (TPSA) is 46.6 Å². The second-order valence-electron chi connectivity index (χ2n) is 3.16. The van der Waals surface area contributed by atoms with Crippen molar-refractivity contribution in [2.45, 2.75) is 13.8 Å². The van der Waals surface area contributed by atoms with Crippen LogP contribution < -0.4 is 0 Å². The van der Waals surface area contributed by atoms with E-state index in [4.69, 9.17) is 4.74 Å². The third kappa shape index (κ3) is 4.64. The van der Waals surface area contributed by atoms with E-state index in [-0.39, 0.29) is 5.78 Å². The summed E-state index contributed by atoms with van der Waals surface area (Å²) in [6.45, 7) is 3.55. The molecule has 0 N–H and O–H groups in total. The van der Waals surface area contributed by atoms with Crippen LogP contribution in [0.3, 0.4) is 0 Å². The molecular weight excluding hydrogens is 182 g/mol. The Morgan fingerprint density at radius 3 is 2.43 bits per heavy atom. The zero-order chi connectivity index (χ0) is 11.1. The Kier molecular flexibility index (Phi) is 5.60. The SMILES string of the molecule is CCOC(=O)C(C)C(=O)C=CN(C)C. The molecule has 0 heterocycles. The molecule has 0 saturated heterocycles. The van der Waals surface area contributed by atoms with Gasteiger partial charge in [0.15, 0.2) is 5.78 Å². The van der Waals surface area contributed by atoms with Crippen LogP contribution in [0.4, 0.5) is 0 Å². The summed E-state index contributed by atoms with van der Waals surface area (Å²) in [7, 11) is 3.61. The Labute approximate surface area is 84.5 Å². The minimum atomic E-state index is -0.717. The van der Waals surface area contributed by atoms with Crippen molar-refractivity contribution in [2.24, 2.45) is 5.92 Å². The lowest BCUT2D eigenvalue weighted by Gasteiger charge is -2.07. The predicted molar refractivity (Wildman–Crippen MR) is 53.6 cm³/mol. The Morgan fingerprint density at radius 2 is 2.00 bits per heavy atom. The number of carbonyl (C=O) groups excluding carboxylic acids is 2. The smallest absolute Gasteiger partial charge is 0.316 e. The van der Waals surface area contributed by atoms with E-state index in [9.17, 15) is 9.59 Å². The summed E-state index contributed by atoms with van der Waals surface area (Å²) in [4.78, 5) is 24.2. The highest BCUT2D eigenvalue weighted by atomic mass is 16.5. The molecule has 0 aliphatic rings. The van der Waals surface area contributed by atoms with Gasteiger partial charge in [-0.3, -0.25) is 9.59 Å². The van der Waals surface area contributed by atoms with E-state index in [0.717, 1.165) is 0 Å². The molecular formula is C10H17NO3. The molecule has 0 amide bonds. The summed E-state index contributed by atoms with van der Waals surface area (Å²) in [5.41, 5.74) is 0. The van der Waals surface area contributed by atoms with E-state index >= 15 is 0 Å². The van der Waals surface area contributed by atoms with Gasteiger partial charge in [-0.2, -0.15) is 0 Å². The van der Waals surface area contributed by atoms with E-state index in [0.29, 0.717) is 6.61 Å². The summed E-state index contributed by atoms with van der Waals surface area (Å²) < 4.78 is 4.72. The summed E-state index contributed by atoms with van der Waals surface area (Å²) in [6.07, 6.45) is 2.99. The van der Waals surface area contributed by atoms with Crippen LogP contribution >= 0.6 is 0 Å². The Hall–Kier alpha value is -1.32. The van der Waals surface area contributed by atoms with Crippen LogP contribution in [-0.4, -0.2) is 37.4 Å². The van der Waals surface area contributed by atoms with Crippen LogP contribution in [0, 0.1) is 5.92 Å². The largest absolute Gasteiger partial charge is 0.465 e. The second kappa shape index (κ2) is 6.18. The average molecular weight is 199 g/mol. The van der Waals surface area contributed by atoms with Crippen LogP contribution in [0.2, 0.25) is 0 Å². The first-order valence-electron chi connectivity index (χ1n) is 4.54. The third-order valence-electron chi connectivity index (χ3n) is 1.60. The zero-order valence-corrected chi connectivity index (χ0v) is 9.11. The minimum Gasteiger partial charge on any atom is -0.465 e. The summed E-state index contributed by atoms with van der Waals surface area (Å²) >= 11 is 0. The van der Waals surface area contributed by atoms with E-state index in [1.807, 2.05) is 0 Å². The van der Waals surface area contributed by atoms with Crippen molar-refractivity contribution < 1.29 is 14.3 Å². The monoisotopic (exact) mass is 199 g/mol. The fourth-order valence-electron chi connectivity index (χ4n) is 0.750. The first-order chi connectivity index (χ1) is 6.49. The quantitative estimate of drug-likeness (QED) is 0.374. The molecule has 0 aliphatic heterocycles. The maximum Gasteiger partial charge on any atom is 0.316 e. The number of hydrogen-bond acceptors (Lipinski definition) is 4. The molecule has 0 saturated carbocycles. The van der Waals surface area contributed by atoms with Crippen LogP contribution in [0.1, 0.15) is 13.8 Å². The number of nitrogens with zero attached hydrogens (tertiary/aromatic N) is 1. The molecule has 1 unspecified atom stereocenters. The number of rotatable bonds is 5. The molecule has 0 aromatic carbocycles. The number of carbonyl (C=O) groups is 2. The van der Waals surface area contributed by atoms with Crippen LogP contribution in [0.25, 0.3) is 0 Å². The van der Waals surface area contributed by atoms with Gasteiger partial charge in [0.25, 0.3) is 0 Å². The molecule has 0 aromatic heterocycles. The van der Waals surface area contributed by atoms with Crippen LogP contribution in [0.5, 0.6) is 0 Å². The third-order valence-corrected chi connectivity index (χ3v) is 1.60. The average Bonchev–Trinajstić information content (AvgIpc) is 2.13. The molecule has 80 valence electrons. The number of allylic oxidation sites excluding steroid dienone is 1. The second-order valence-corrected chi connectivity index (χ2v) is 3.16. The molecule has 14 heavy (non-hydrogen) atoms.